The molecule has 2 rings (SSSR count). The number of aromatic nitrogens is 1. The lowest BCUT2D eigenvalue weighted by Gasteiger charge is -2.24. The third-order valence-electron chi connectivity index (χ3n) is 4.96. The van der Waals surface area contributed by atoms with E-state index in [0.717, 1.165) is 4.90 Å². The molecule has 37 heavy (non-hydrogen) atoms. The molecule has 1 aliphatic rings. The lowest BCUT2D eigenvalue weighted by Crippen LogP contribution is -2.47. The van der Waals surface area contributed by atoms with Crippen molar-refractivity contribution in [3.8, 4) is 12.3 Å². The number of aliphatic hydroxyl groups excluding tert-OH is 1. The molecule has 0 saturated heterocycles. The molecule has 3 atom stereocenters. The van der Waals surface area contributed by atoms with Crippen LogP contribution in [0.5, 0.6) is 0 Å². The van der Waals surface area contributed by atoms with Crippen molar-refractivity contribution in [1.29, 1.82) is 0 Å². The summed E-state index contributed by atoms with van der Waals surface area (Å²) in [6.07, 6.45) is 9.94. The van der Waals surface area contributed by atoms with Gasteiger partial charge in [-0.2, -0.15) is 0 Å². The predicted octanol–water partition coefficient (Wildman–Crippen LogP) is 1.50. The third kappa shape index (κ3) is 10.0. The summed E-state index contributed by atoms with van der Waals surface area (Å²) >= 11 is 2.57. The Hall–Kier alpha value is -3.11. The van der Waals surface area contributed by atoms with Crippen LogP contribution in [0.25, 0.3) is 0 Å². The summed E-state index contributed by atoms with van der Waals surface area (Å²) < 4.78 is 5.62. The second kappa shape index (κ2) is 15.2. The highest BCUT2D eigenvalue weighted by Gasteiger charge is 2.26. The summed E-state index contributed by atoms with van der Waals surface area (Å²) in [6.45, 7) is 3.08. The molecule has 198 valence electrons. The van der Waals surface area contributed by atoms with Crippen molar-refractivity contribution < 1.29 is 29.0 Å². The molecule has 0 saturated carbocycles. The number of terminal acetylenes is 1. The summed E-state index contributed by atoms with van der Waals surface area (Å²) in [5.74, 6) is 1.05. The number of fused-ring (bicyclic) bond motifs is 2. The Morgan fingerprint density at radius 1 is 1.32 bits per heavy atom. The number of carbonyl (C=O) groups is 4. The molecule has 2 heterocycles. The molecule has 3 amide bonds. The molecular formula is C25H30N4O6S2. The summed E-state index contributed by atoms with van der Waals surface area (Å²) in [5, 5.41) is 18.3. The number of carbonyl (C=O) groups excluding carboxylic acids is 4. The predicted molar refractivity (Wildman–Crippen MR) is 142 cm³/mol. The number of rotatable bonds is 5. The van der Waals surface area contributed by atoms with E-state index in [-0.39, 0.29) is 29.5 Å². The molecule has 4 N–H and O–H groups in total. The van der Waals surface area contributed by atoms with Gasteiger partial charge in [-0.3, -0.25) is 19.2 Å². The summed E-state index contributed by atoms with van der Waals surface area (Å²) in [4.78, 5) is 54.5. The third-order valence-corrected chi connectivity index (χ3v) is 6.51. The largest absolute Gasteiger partial charge is 0.365 e. The Balaban J connectivity index is 2.36. The van der Waals surface area contributed by atoms with Crippen molar-refractivity contribution >= 4 is 46.4 Å². The minimum absolute atomic E-state index is 0.00393. The molecular weight excluding hydrogens is 516 g/mol. The van der Waals surface area contributed by atoms with E-state index < -0.39 is 36.2 Å². The maximum atomic E-state index is 12.8. The number of ether oxygens (including phenoxy) is 1. The Kier molecular flexibility index (Phi) is 12.4. The van der Waals surface area contributed by atoms with Gasteiger partial charge in [-0.05, 0) is 31.7 Å². The van der Waals surface area contributed by atoms with Crippen LogP contribution in [0.1, 0.15) is 42.9 Å². The molecule has 10 nitrogen and oxygen atoms in total. The monoisotopic (exact) mass is 546 g/mol. The molecule has 0 aliphatic carbocycles. The second-order valence-corrected chi connectivity index (χ2v) is 9.91. The normalized spacial score (nSPS) is 22.7. The number of hydrogen-bond donors (Lipinski definition) is 4. The van der Waals surface area contributed by atoms with Gasteiger partial charge < -0.3 is 25.8 Å². The van der Waals surface area contributed by atoms with E-state index in [4.69, 9.17) is 11.2 Å². The molecule has 1 unspecified atom stereocenters. The van der Waals surface area contributed by atoms with E-state index >= 15 is 0 Å². The highest BCUT2D eigenvalue weighted by molar-refractivity contribution is 8.13. The van der Waals surface area contributed by atoms with Gasteiger partial charge in [0.05, 0.1) is 24.8 Å². The summed E-state index contributed by atoms with van der Waals surface area (Å²) in [7, 11) is 0. The first-order valence-electron chi connectivity index (χ1n) is 11.4. The Bertz CT molecular complexity index is 1110. The van der Waals surface area contributed by atoms with Gasteiger partial charge in [-0.1, -0.05) is 35.9 Å². The van der Waals surface area contributed by atoms with Crippen molar-refractivity contribution in [1.82, 2.24) is 20.9 Å². The number of nitrogens with one attached hydrogen (secondary N) is 3. The van der Waals surface area contributed by atoms with Crippen LogP contribution in [0.4, 0.5) is 0 Å². The molecule has 1 aromatic heterocycles. The van der Waals surface area contributed by atoms with Crippen LogP contribution in [0.3, 0.4) is 0 Å². The zero-order valence-electron chi connectivity index (χ0n) is 20.8. The Labute approximate surface area is 224 Å². The lowest BCUT2D eigenvalue weighted by atomic mass is 10.2. The average molecular weight is 547 g/mol. The van der Waals surface area contributed by atoms with Gasteiger partial charge in [0.25, 0.3) is 11.8 Å². The minimum Gasteiger partial charge on any atom is -0.365 e. The van der Waals surface area contributed by atoms with Gasteiger partial charge in [-0.15, -0.1) is 18.2 Å². The molecule has 0 aromatic carbocycles. The first-order chi connectivity index (χ1) is 17.7. The fourth-order valence-electron chi connectivity index (χ4n) is 3.13. The highest BCUT2D eigenvalue weighted by Crippen LogP contribution is 2.18. The van der Waals surface area contributed by atoms with Crippen molar-refractivity contribution in [3.05, 3.63) is 47.4 Å². The standard InChI is InChI=1S/C25H30N4O6S2/c1-5-19-23(32)29-20(6-2)25(34)35-17(9-7-8-10-37-15(3)30)12-22(31)26-14-16-11-18(36-4)13-21(27-16)24(33)28-19/h2,5,7,9,11,13,17,20,25,34H,8,10,12,14H2,1,3-4H3,(H,26,31)(H,28,33)(H,29,32)/b9-7+,19-5-/t17-,20+,25?/m1/s1. The maximum Gasteiger partial charge on any atom is 0.274 e. The number of hydrogen-bond acceptors (Lipinski definition) is 9. The van der Waals surface area contributed by atoms with Crippen molar-refractivity contribution in [3.63, 3.8) is 0 Å². The van der Waals surface area contributed by atoms with Gasteiger partial charge in [-0.25, -0.2) is 4.98 Å². The molecule has 1 aliphatic heterocycles. The number of amides is 3. The van der Waals surface area contributed by atoms with Crippen LogP contribution >= 0.6 is 23.5 Å². The summed E-state index contributed by atoms with van der Waals surface area (Å²) in [5.41, 5.74) is 0.428. The summed E-state index contributed by atoms with van der Waals surface area (Å²) in [6, 6.07) is 2.05. The molecule has 0 spiro atoms. The minimum atomic E-state index is -1.65. The number of nitrogens with zero attached hydrogens (tertiary/aromatic N) is 1. The van der Waals surface area contributed by atoms with E-state index in [1.807, 2.05) is 6.26 Å². The zero-order chi connectivity index (χ0) is 27.4. The fraction of sp³-hybridized carbons (Fsp3) is 0.400. The van der Waals surface area contributed by atoms with Crippen LogP contribution in [-0.4, -0.2) is 63.4 Å². The fourth-order valence-corrected chi connectivity index (χ4v) is 4.15. The lowest BCUT2D eigenvalue weighted by molar-refractivity contribution is -0.146. The average Bonchev–Trinajstić information content (AvgIpc) is 2.87. The zero-order valence-corrected chi connectivity index (χ0v) is 22.4. The quantitative estimate of drug-likeness (QED) is 0.142. The van der Waals surface area contributed by atoms with Gasteiger partial charge in [0.15, 0.2) is 11.4 Å². The second-order valence-electron chi connectivity index (χ2n) is 7.76. The SMILES string of the molecule is C#C[C@@H]1NC(=O)/C(=C/C)NC(=O)c2cc(SC)cc(n2)CNC(=O)C[C@@H](/C=C/CCSC(C)=O)OC1O. The maximum absolute atomic E-state index is 12.8. The smallest absolute Gasteiger partial charge is 0.274 e. The van der Waals surface area contributed by atoms with E-state index in [9.17, 15) is 24.3 Å². The van der Waals surface area contributed by atoms with Gasteiger partial charge >= 0.3 is 0 Å². The van der Waals surface area contributed by atoms with E-state index in [2.05, 4.69) is 26.9 Å². The van der Waals surface area contributed by atoms with E-state index in [1.54, 1.807) is 31.2 Å². The Morgan fingerprint density at radius 3 is 2.73 bits per heavy atom. The van der Waals surface area contributed by atoms with Gasteiger partial charge in [0, 0.05) is 17.6 Å². The molecule has 0 radical (unpaired) electrons. The van der Waals surface area contributed by atoms with Crippen LogP contribution in [0.2, 0.25) is 0 Å². The first-order valence-corrected chi connectivity index (χ1v) is 13.6. The van der Waals surface area contributed by atoms with Crippen molar-refractivity contribution in [2.75, 3.05) is 12.0 Å². The van der Waals surface area contributed by atoms with E-state index in [0.29, 0.717) is 17.9 Å². The molecule has 2 bridgehead atoms. The number of aliphatic hydroxyl groups is 1. The van der Waals surface area contributed by atoms with Gasteiger partial charge in [0.2, 0.25) is 5.91 Å². The highest BCUT2D eigenvalue weighted by atomic mass is 32.2. The molecule has 12 heteroatoms. The number of thioether (sulfide) groups is 2. The van der Waals surface area contributed by atoms with Crippen molar-refractivity contribution in [2.24, 2.45) is 0 Å². The van der Waals surface area contributed by atoms with Crippen molar-refractivity contribution in [2.45, 2.75) is 56.6 Å². The number of pyridine rings is 1. The number of allylic oxidation sites excluding steroid dienone is 2. The van der Waals surface area contributed by atoms with E-state index in [1.165, 1.54) is 36.5 Å². The Morgan fingerprint density at radius 2 is 2.08 bits per heavy atom. The van der Waals surface area contributed by atoms with Crippen LogP contribution in [0, 0.1) is 12.3 Å². The molecule has 1 aromatic rings. The first kappa shape index (κ1) is 30.1. The molecule has 0 fully saturated rings. The van der Waals surface area contributed by atoms with Gasteiger partial charge in [0.1, 0.15) is 17.4 Å². The topological polar surface area (TPSA) is 147 Å². The van der Waals surface area contributed by atoms with Crippen LogP contribution in [0.15, 0.2) is 41.0 Å². The van der Waals surface area contributed by atoms with Crippen LogP contribution in [-0.2, 0) is 25.7 Å². The van der Waals surface area contributed by atoms with Crippen LogP contribution < -0.4 is 16.0 Å².